The zero-order valence-corrected chi connectivity index (χ0v) is 13.9. The van der Waals surface area contributed by atoms with Gasteiger partial charge in [-0.15, -0.1) is 0 Å². The van der Waals surface area contributed by atoms with Crippen LogP contribution in [-0.2, 0) is 4.79 Å². The van der Waals surface area contributed by atoms with Crippen molar-refractivity contribution in [3.8, 4) is 0 Å². The molecule has 2 fully saturated rings. The van der Waals surface area contributed by atoms with Crippen LogP contribution in [-0.4, -0.2) is 42.5 Å². The van der Waals surface area contributed by atoms with E-state index in [1.54, 1.807) is 0 Å². The third-order valence-electron chi connectivity index (χ3n) is 5.34. The lowest BCUT2D eigenvalue weighted by Crippen LogP contribution is -2.48. The van der Waals surface area contributed by atoms with Gasteiger partial charge in [0.15, 0.2) is 0 Å². The van der Waals surface area contributed by atoms with Crippen molar-refractivity contribution in [3.05, 3.63) is 29.3 Å². The van der Waals surface area contributed by atoms with Crippen molar-refractivity contribution in [2.24, 2.45) is 0 Å². The van der Waals surface area contributed by atoms with Crippen molar-refractivity contribution in [1.82, 2.24) is 10.2 Å². The fourth-order valence-corrected chi connectivity index (χ4v) is 3.82. The molecule has 0 aliphatic carbocycles. The number of anilines is 1. The number of carbonyl (C=O) groups is 1. The first-order chi connectivity index (χ1) is 10.5. The van der Waals surface area contributed by atoms with Gasteiger partial charge in [-0.25, -0.2) is 0 Å². The SMILES string of the molecule is Cc1cccc(NC(=O)CN(C)C2CC3CCC(C2)N3)c1C. The Balaban J connectivity index is 1.56. The highest BCUT2D eigenvalue weighted by Gasteiger charge is 2.35. The molecule has 1 aromatic rings. The van der Waals surface area contributed by atoms with Crippen LogP contribution in [0.25, 0.3) is 0 Å². The molecule has 2 bridgehead atoms. The van der Waals surface area contributed by atoms with Gasteiger partial charge in [0, 0.05) is 23.8 Å². The predicted octanol–water partition coefficient (Wildman–Crippen LogP) is 2.46. The Morgan fingerprint density at radius 2 is 1.95 bits per heavy atom. The molecule has 2 aliphatic rings. The first-order valence-electron chi connectivity index (χ1n) is 8.35. The summed E-state index contributed by atoms with van der Waals surface area (Å²) in [5, 5.41) is 6.72. The van der Waals surface area contributed by atoms with Crippen molar-refractivity contribution < 1.29 is 4.79 Å². The van der Waals surface area contributed by atoms with Crippen LogP contribution < -0.4 is 10.6 Å². The highest BCUT2D eigenvalue weighted by Crippen LogP contribution is 2.29. The van der Waals surface area contributed by atoms with Crippen LogP contribution in [0.4, 0.5) is 5.69 Å². The highest BCUT2D eigenvalue weighted by molar-refractivity contribution is 5.93. The van der Waals surface area contributed by atoms with Crippen LogP contribution in [0.3, 0.4) is 0 Å². The monoisotopic (exact) mass is 301 g/mol. The molecule has 2 N–H and O–H groups in total. The number of rotatable bonds is 4. The first kappa shape index (κ1) is 15.5. The second-order valence-electron chi connectivity index (χ2n) is 6.97. The average molecular weight is 301 g/mol. The summed E-state index contributed by atoms with van der Waals surface area (Å²) in [4.78, 5) is 14.6. The van der Waals surface area contributed by atoms with Crippen molar-refractivity contribution in [2.75, 3.05) is 18.9 Å². The fourth-order valence-electron chi connectivity index (χ4n) is 3.82. The lowest BCUT2D eigenvalue weighted by molar-refractivity contribution is -0.117. The van der Waals surface area contributed by atoms with Gasteiger partial charge in [-0.3, -0.25) is 9.69 Å². The van der Waals surface area contributed by atoms with Crippen LogP contribution in [0.1, 0.15) is 36.8 Å². The number of carbonyl (C=O) groups excluding carboxylic acids is 1. The van der Waals surface area contributed by atoms with Crippen LogP contribution in [0.5, 0.6) is 0 Å². The summed E-state index contributed by atoms with van der Waals surface area (Å²) in [5.74, 6) is 0.0853. The molecule has 4 heteroatoms. The fraction of sp³-hybridized carbons (Fsp3) is 0.611. The van der Waals surface area contributed by atoms with E-state index in [-0.39, 0.29) is 5.91 Å². The summed E-state index contributed by atoms with van der Waals surface area (Å²) in [6, 6.07) is 7.89. The number of likely N-dealkylation sites (N-methyl/N-ethyl adjacent to an activating group) is 1. The molecular weight excluding hydrogens is 274 g/mol. The number of fused-ring (bicyclic) bond motifs is 2. The van der Waals surface area contributed by atoms with Crippen molar-refractivity contribution in [3.63, 3.8) is 0 Å². The van der Waals surface area contributed by atoms with Gasteiger partial charge < -0.3 is 10.6 Å². The predicted molar refractivity (Wildman–Crippen MR) is 90.1 cm³/mol. The minimum absolute atomic E-state index is 0.0853. The minimum Gasteiger partial charge on any atom is -0.325 e. The number of benzene rings is 1. The number of amides is 1. The summed E-state index contributed by atoms with van der Waals surface area (Å²) < 4.78 is 0. The number of hydrogen-bond donors (Lipinski definition) is 2. The molecule has 0 aromatic heterocycles. The van der Waals surface area contributed by atoms with Crippen LogP contribution in [0.15, 0.2) is 18.2 Å². The standard InChI is InChI=1S/C18H27N3O/c1-12-5-4-6-17(13(12)2)20-18(22)11-21(3)16-9-14-7-8-15(10-16)19-14/h4-6,14-16,19H,7-11H2,1-3H3,(H,20,22). The van der Waals surface area contributed by atoms with Crippen molar-refractivity contribution in [2.45, 2.75) is 57.7 Å². The van der Waals surface area contributed by atoms with E-state index in [4.69, 9.17) is 0 Å². The summed E-state index contributed by atoms with van der Waals surface area (Å²) in [7, 11) is 2.08. The smallest absolute Gasteiger partial charge is 0.238 e. The molecule has 120 valence electrons. The summed E-state index contributed by atoms with van der Waals surface area (Å²) in [6.45, 7) is 4.60. The van der Waals surface area contributed by atoms with Crippen LogP contribution in [0.2, 0.25) is 0 Å². The molecule has 2 aliphatic heterocycles. The number of piperidine rings is 1. The van der Waals surface area contributed by atoms with Gasteiger partial charge in [0.05, 0.1) is 6.54 Å². The summed E-state index contributed by atoms with van der Waals surface area (Å²) >= 11 is 0. The van der Waals surface area contributed by atoms with Gasteiger partial charge in [-0.2, -0.15) is 0 Å². The lowest BCUT2D eigenvalue weighted by atomic mass is 9.98. The second kappa shape index (κ2) is 6.39. The van der Waals surface area contributed by atoms with E-state index in [2.05, 4.69) is 42.5 Å². The Kier molecular flexibility index (Phi) is 4.50. The van der Waals surface area contributed by atoms with Gasteiger partial charge >= 0.3 is 0 Å². The quantitative estimate of drug-likeness (QED) is 0.898. The van der Waals surface area contributed by atoms with E-state index < -0.39 is 0 Å². The normalized spacial score (nSPS) is 27.2. The highest BCUT2D eigenvalue weighted by atomic mass is 16.2. The number of aryl methyl sites for hydroxylation is 1. The van der Waals surface area contributed by atoms with E-state index in [9.17, 15) is 4.79 Å². The Morgan fingerprint density at radius 3 is 2.64 bits per heavy atom. The maximum absolute atomic E-state index is 12.3. The topological polar surface area (TPSA) is 44.4 Å². The number of hydrogen-bond acceptors (Lipinski definition) is 3. The summed E-state index contributed by atoms with van der Waals surface area (Å²) in [6.07, 6.45) is 4.93. The van der Waals surface area contributed by atoms with Gasteiger partial charge in [-0.05, 0) is 63.8 Å². The maximum atomic E-state index is 12.3. The third-order valence-corrected chi connectivity index (χ3v) is 5.34. The molecule has 4 nitrogen and oxygen atoms in total. The zero-order valence-electron chi connectivity index (χ0n) is 13.9. The van der Waals surface area contributed by atoms with E-state index >= 15 is 0 Å². The average Bonchev–Trinajstić information content (AvgIpc) is 2.82. The molecule has 2 atom stereocenters. The van der Waals surface area contributed by atoms with Crippen molar-refractivity contribution in [1.29, 1.82) is 0 Å². The molecule has 0 radical (unpaired) electrons. The molecule has 2 saturated heterocycles. The zero-order chi connectivity index (χ0) is 15.7. The molecule has 22 heavy (non-hydrogen) atoms. The lowest BCUT2D eigenvalue weighted by Gasteiger charge is -2.35. The van der Waals surface area contributed by atoms with Crippen molar-refractivity contribution >= 4 is 11.6 Å². The molecular formula is C18H27N3O. The molecule has 0 spiro atoms. The number of nitrogens with zero attached hydrogens (tertiary/aromatic N) is 1. The Morgan fingerprint density at radius 1 is 1.27 bits per heavy atom. The van der Waals surface area contributed by atoms with Gasteiger partial charge in [-0.1, -0.05) is 12.1 Å². The molecule has 2 unspecified atom stereocenters. The van der Waals surface area contributed by atoms with Crippen LogP contribution >= 0.6 is 0 Å². The number of nitrogens with one attached hydrogen (secondary N) is 2. The Hall–Kier alpha value is -1.39. The molecule has 0 saturated carbocycles. The molecule has 1 aromatic carbocycles. The second-order valence-corrected chi connectivity index (χ2v) is 6.97. The van der Waals surface area contributed by atoms with E-state index in [1.807, 2.05) is 12.1 Å². The molecule has 3 rings (SSSR count). The molecule has 1 amide bonds. The van der Waals surface area contributed by atoms with Gasteiger partial charge in [0.2, 0.25) is 5.91 Å². The third kappa shape index (κ3) is 3.33. The minimum atomic E-state index is 0.0853. The van der Waals surface area contributed by atoms with Crippen LogP contribution in [0, 0.1) is 13.8 Å². The van der Waals surface area contributed by atoms with E-state index in [1.165, 1.54) is 31.2 Å². The Labute approximate surface area is 133 Å². The first-order valence-corrected chi connectivity index (χ1v) is 8.35. The van der Waals surface area contributed by atoms with E-state index in [0.717, 1.165) is 11.3 Å². The Bertz CT molecular complexity index is 545. The molecule has 2 heterocycles. The maximum Gasteiger partial charge on any atom is 0.238 e. The largest absolute Gasteiger partial charge is 0.325 e. The van der Waals surface area contributed by atoms with Gasteiger partial charge in [0.25, 0.3) is 0 Å². The summed E-state index contributed by atoms with van der Waals surface area (Å²) in [5.41, 5.74) is 3.29. The van der Waals surface area contributed by atoms with E-state index in [0.29, 0.717) is 24.7 Å². The van der Waals surface area contributed by atoms with Gasteiger partial charge in [0.1, 0.15) is 0 Å².